The normalized spacial score (nSPS) is 15.2. The van der Waals surface area contributed by atoms with Gasteiger partial charge >= 0.3 is 11.9 Å². The number of hydrogen-bond donors (Lipinski definition) is 0. The van der Waals surface area contributed by atoms with Crippen LogP contribution in [0.25, 0.3) is 5.57 Å². The number of alkyl halides is 1. The van der Waals surface area contributed by atoms with Gasteiger partial charge in [0.05, 0.1) is 18.3 Å². The average molecular weight is 297 g/mol. The average Bonchev–Trinajstić information content (AvgIpc) is 2.63. The van der Waals surface area contributed by atoms with E-state index in [-0.39, 0.29) is 0 Å². The molecule has 1 aromatic rings. The third kappa shape index (κ3) is 2.10. The van der Waals surface area contributed by atoms with Crippen LogP contribution >= 0.6 is 15.9 Å². The van der Waals surface area contributed by atoms with Gasteiger partial charge in [0.15, 0.2) is 0 Å². The van der Waals surface area contributed by atoms with Crippen LogP contribution in [0.1, 0.15) is 5.56 Å². The molecule has 0 saturated heterocycles. The van der Waals surface area contributed by atoms with E-state index in [1.807, 2.05) is 0 Å². The minimum atomic E-state index is -0.602. The largest absolute Gasteiger partial charge is 0.497 e. The molecule has 0 fully saturated rings. The first-order valence-corrected chi connectivity index (χ1v) is 5.99. The third-order valence-electron chi connectivity index (χ3n) is 2.45. The highest BCUT2D eigenvalue weighted by Gasteiger charge is 2.32. The Bertz CT molecular complexity index is 502. The molecule has 0 spiro atoms. The lowest BCUT2D eigenvalue weighted by Gasteiger charge is -2.03. The zero-order chi connectivity index (χ0) is 12.4. The van der Waals surface area contributed by atoms with Crippen LogP contribution in [0, 0.1) is 0 Å². The predicted molar refractivity (Wildman–Crippen MR) is 64.8 cm³/mol. The summed E-state index contributed by atoms with van der Waals surface area (Å²) in [5, 5.41) is 0.291. The molecule has 0 aliphatic carbocycles. The Morgan fingerprint density at radius 2 is 1.82 bits per heavy atom. The van der Waals surface area contributed by atoms with Gasteiger partial charge in [0.1, 0.15) is 5.75 Å². The number of hydrogen-bond acceptors (Lipinski definition) is 4. The van der Waals surface area contributed by atoms with Gasteiger partial charge in [0, 0.05) is 5.33 Å². The van der Waals surface area contributed by atoms with Crippen molar-refractivity contribution >= 4 is 33.4 Å². The van der Waals surface area contributed by atoms with Crippen molar-refractivity contribution in [2.45, 2.75) is 0 Å². The molecule has 0 saturated carbocycles. The minimum Gasteiger partial charge on any atom is -0.497 e. The summed E-state index contributed by atoms with van der Waals surface area (Å²) in [6.07, 6.45) is 0. The van der Waals surface area contributed by atoms with Gasteiger partial charge < -0.3 is 9.47 Å². The van der Waals surface area contributed by atoms with Crippen LogP contribution in [0.15, 0.2) is 29.8 Å². The number of benzene rings is 1. The zero-order valence-electron chi connectivity index (χ0n) is 9.03. The van der Waals surface area contributed by atoms with Crippen LogP contribution in [0.4, 0.5) is 0 Å². The molecule has 88 valence electrons. The van der Waals surface area contributed by atoms with Crippen LogP contribution in [0.5, 0.6) is 5.75 Å². The summed E-state index contributed by atoms with van der Waals surface area (Å²) >= 11 is 3.17. The summed E-state index contributed by atoms with van der Waals surface area (Å²) < 4.78 is 9.60. The first-order valence-electron chi connectivity index (χ1n) is 4.87. The third-order valence-corrected chi connectivity index (χ3v) is 3.01. The van der Waals surface area contributed by atoms with Gasteiger partial charge in [-0.2, -0.15) is 0 Å². The maximum absolute atomic E-state index is 11.6. The number of carbonyl (C=O) groups excluding carboxylic acids is 2. The highest BCUT2D eigenvalue weighted by Crippen LogP contribution is 2.29. The van der Waals surface area contributed by atoms with Crippen molar-refractivity contribution in [1.82, 2.24) is 0 Å². The van der Waals surface area contributed by atoms with Gasteiger partial charge in [-0.15, -0.1) is 0 Å². The molecule has 2 rings (SSSR count). The molecular weight excluding hydrogens is 288 g/mol. The van der Waals surface area contributed by atoms with Gasteiger partial charge in [-0.1, -0.05) is 28.1 Å². The molecule has 0 N–H and O–H groups in total. The molecule has 0 radical (unpaired) electrons. The minimum absolute atomic E-state index is 0.291. The Morgan fingerprint density at radius 3 is 2.35 bits per heavy atom. The molecule has 1 aliphatic rings. The Morgan fingerprint density at radius 1 is 1.18 bits per heavy atom. The summed E-state index contributed by atoms with van der Waals surface area (Å²) in [6.45, 7) is 0. The summed E-state index contributed by atoms with van der Waals surface area (Å²) in [5.41, 5.74) is 1.31. The first kappa shape index (κ1) is 11.9. The number of carbonyl (C=O) groups is 2. The highest BCUT2D eigenvalue weighted by molar-refractivity contribution is 9.09. The van der Waals surface area contributed by atoms with Crippen molar-refractivity contribution < 1.29 is 19.1 Å². The highest BCUT2D eigenvalue weighted by atomic mass is 79.9. The molecule has 4 nitrogen and oxygen atoms in total. The van der Waals surface area contributed by atoms with E-state index in [1.54, 1.807) is 31.4 Å². The number of rotatable bonds is 3. The number of ether oxygens (including phenoxy) is 2. The Labute approximate surface area is 106 Å². The van der Waals surface area contributed by atoms with Gasteiger partial charge in [0.25, 0.3) is 0 Å². The number of halogens is 1. The van der Waals surface area contributed by atoms with Crippen molar-refractivity contribution in [2.24, 2.45) is 0 Å². The Hall–Kier alpha value is -1.62. The fourth-order valence-electron chi connectivity index (χ4n) is 1.59. The van der Waals surface area contributed by atoms with Crippen molar-refractivity contribution in [3.05, 3.63) is 35.4 Å². The molecule has 17 heavy (non-hydrogen) atoms. The molecule has 0 atom stereocenters. The van der Waals surface area contributed by atoms with E-state index in [0.717, 1.165) is 0 Å². The summed E-state index contributed by atoms with van der Waals surface area (Å²) in [4.78, 5) is 22.9. The van der Waals surface area contributed by atoms with Gasteiger partial charge in [0.2, 0.25) is 0 Å². The summed E-state index contributed by atoms with van der Waals surface area (Å²) in [7, 11) is 1.56. The standard InChI is InChI=1S/C12H9BrO4/c1-16-8-4-2-7(3-5-8)10-9(6-13)11(14)17-12(10)15/h2-5H,6H2,1H3. The van der Waals surface area contributed by atoms with Crippen LogP contribution in [-0.4, -0.2) is 24.4 Å². The number of cyclic esters (lactones) is 2. The lowest BCUT2D eigenvalue weighted by atomic mass is 10.0. The molecule has 0 bridgehead atoms. The van der Waals surface area contributed by atoms with E-state index in [1.165, 1.54) is 0 Å². The molecule has 1 heterocycles. The van der Waals surface area contributed by atoms with Gasteiger partial charge in [-0.05, 0) is 17.7 Å². The SMILES string of the molecule is COc1ccc(C2=C(CBr)C(=O)OC2=O)cc1. The quantitative estimate of drug-likeness (QED) is 0.486. The van der Waals surface area contributed by atoms with E-state index in [2.05, 4.69) is 20.7 Å². The molecule has 0 amide bonds. The van der Waals surface area contributed by atoms with Crippen LogP contribution in [0.3, 0.4) is 0 Å². The molecule has 5 heteroatoms. The maximum Gasteiger partial charge on any atom is 0.347 e. The second-order valence-corrected chi connectivity index (χ2v) is 3.95. The second-order valence-electron chi connectivity index (χ2n) is 3.39. The molecule has 0 unspecified atom stereocenters. The first-order chi connectivity index (χ1) is 8.17. The van der Waals surface area contributed by atoms with E-state index in [4.69, 9.17) is 4.74 Å². The molecule has 0 aromatic heterocycles. The predicted octanol–water partition coefficient (Wildman–Crippen LogP) is 1.93. The maximum atomic E-state index is 11.6. The van der Waals surface area contributed by atoms with Crippen molar-refractivity contribution in [1.29, 1.82) is 0 Å². The Balaban J connectivity index is 2.46. The fraction of sp³-hybridized carbons (Fsp3) is 0.167. The van der Waals surface area contributed by atoms with E-state index < -0.39 is 11.9 Å². The lowest BCUT2D eigenvalue weighted by molar-refractivity contribution is -0.150. The zero-order valence-corrected chi connectivity index (χ0v) is 10.6. The summed E-state index contributed by atoms with van der Waals surface area (Å²) in [6, 6.07) is 6.89. The number of esters is 2. The molecule has 1 aromatic carbocycles. The monoisotopic (exact) mass is 296 g/mol. The molecule has 1 aliphatic heterocycles. The van der Waals surface area contributed by atoms with E-state index >= 15 is 0 Å². The van der Waals surface area contributed by atoms with E-state index in [9.17, 15) is 9.59 Å². The summed E-state index contributed by atoms with van der Waals surface area (Å²) in [5.74, 6) is -0.500. The van der Waals surface area contributed by atoms with Gasteiger partial charge in [-0.3, -0.25) is 0 Å². The Kier molecular flexibility index (Phi) is 3.28. The van der Waals surface area contributed by atoms with Gasteiger partial charge in [-0.25, -0.2) is 9.59 Å². The topological polar surface area (TPSA) is 52.6 Å². The van der Waals surface area contributed by atoms with Crippen molar-refractivity contribution in [3.63, 3.8) is 0 Å². The van der Waals surface area contributed by atoms with Crippen molar-refractivity contribution in [2.75, 3.05) is 12.4 Å². The van der Waals surface area contributed by atoms with E-state index in [0.29, 0.717) is 27.8 Å². The van der Waals surface area contributed by atoms with Crippen molar-refractivity contribution in [3.8, 4) is 5.75 Å². The van der Waals surface area contributed by atoms with Crippen LogP contribution in [0.2, 0.25) is 0 Å². The smallest absolute Gasteiger partial charge is 0.347 e. The molecular formula is C12H9BrO4. The lowest BCUT2D eigenvalue weighted by Crippen LogP contribution is -2.02. The van der Waals surface area contributed by atoms with Crippen LogP contribution in [-0.2, 0) is 14.3 Å². The fourth-order valence-corrected chi connectivity index (χ4v) is 2.10. The number of methoxy groups -OCH3 is 1. The van der Waals surface area contributed by atoms with Crippen LogP contribution < -0.4 is 4.74 Å². The second kappa shape index (κ2) is 4.71.